The minimum atomic E-state index is -0.354. The fourth-order valence-corrected chi connectivity index (χ4v) is 1.37. The van der Waals surface area contributed by atoms with Gasteiger partial charge in [0.1, 0.15) is 0 Å². The van der Waals surface area contributed by atoms with Gasteiger partial charge in [-0.3, -0.25) is 9.94 Å². The Hall–Kier alpha value is -0.910. The summed E-state index contributed by atoms with van der Waals surface area (Å²) < 4.78 is 0. The van der Waals surface area contributed by atoms with Crippen LogP contribution in [0.2, 0.25) is 0 Å². The number of nitrogens with zero attached hydrogens (tertiary/aromatic N) is 2. The van der Waals surface area contributed by atoms with E-state index in [1.54, 1.807) is 11.3 Å². The van der Waals surface area contributed by atoms with Gasteiger partial charge in [-0.25, -0.2) is 0 Å². The van der Waals surface area contributed by atoms with Gasteiger partial charge in [0.05, 0.1) is 32.0 Å². The van der Waals surface area contributed by atoms with Crippen molar-refractivity contribution < 1.29 is 9.94 Å². The van der Waals surface area contributed by atoms with Crippen molar-refractivity contribution in [3.05, 3.63) is 17.5 Å². The number of nitrogens with one attached hydrogen (secondary N) is 1. The van der Waals surface area contributed by atoms with Crippen LogP contribution in [0, 0.1) is 6.92 Å². The molecule has 5 heteroatoms. The van der Waals surface area contributed by atoms with Crippen LogP contribution >= 0.6 is 0 Å². The van der Waals surface area contributed by atoms with Crippen molar-refractivity contribution in [1.82, 2.24) is 15.3 Å². The Morgan fingerprint density at radius 3 is 3.23 bits per heavy atom. The highest BCUT2D eigenvalue weighted by molar-refractivity contribution is 5.13. The van der Waals surface area contributed by atoms with E-state index in [4.69, 9.17) is 4.84 Å². The summed E-state index contributed by atoms with van der Waals surface area (Å²) in [7, 11) is 0. The SMILES string of the molecule is Cc1[nH]ncc1CN1CC(O)CO1. The van der Waals surface area contributed by atoms with Gasteiger partial charge in [-0.1, -0.05) is 0 Å². The highest BCUT2D eigenvalue weighted by Gasteiger charge is 2.21. The van der Waals surface area contributed by atoms with Crippen molar-refractivity contribution in [1.29, 1.82) is 0 Å². The Labute approximate surface area is 76.3 Å². The van der Waals surface area contributed by atoms with Crippen LogP contribution in [0.25, 0.3) is 0 Å². The zero-order chi connectivity index (χ0) is 9.26. The topological polar surface area (TPSA) is 61.4 Å². The predicted octanol–water partition coefficient (Wildman–Crippen LogP) is -0.174. The smallest absolute Gasteiger partial charge is 0.0958 e. The number of aryl methyl sites for hydroxylation is 1. The molecule has 1 saturated heterocycles. The lowest BCUT2D eigenvalue weighted by Crippen LogP contribution is -2.20. The summed E-state index contributed by atoms with van der Waals surface area (Å²) in [5.74, 6) is 0. The fraction of sp³-hybridized carbons (Fsp3) is 0.625. The van der Waals surface area contributed by atoms with Gasteiger partial charge < -0.3 is 5.11 Å². The van der Waals surface area contributed by atoms with E-state index in [1.807, 2.05) is 6.92 Å². The second-order valence-electron chi connectivity index (χ2n) is 3.29. The number of hydrogen-bond acceptors (Lipinski definition) is 4. The van der Waals surface area contributed by atoms with Crippen LogP contribution in [0.1, 0.15) is 11.3 Å². The predicted molar refractivity (Wildman–Crippen MR) is 45.7 cm³/mol. The largest absolute Gasteiger partial charge is 0.389 e. The van der Waals surface area contributed by atoms with Gasteiger partial charge >= 0.3 is 0 Å². The molecule has 1 unspecified atom stereocenters. The standard InChI is InChI=1S/C8H13N3O2/c1-6-7(2-9-10-6)3-11-4-8(12)5-13-11/h2,8,12H,3-5H2,1H3,(H,9,10). The quantitative estimate of drug-likeness (QED) is 0.668. The van der Waals surface area contributed by atoms with Gasteiger partial charge in [0.15, 0.2) is 0 Å². The molecule has 5 nitrogen and oxygen atoms in total. The molecule has 0 aromatic carbocycles. The van der Waals surface area contributed by atoms with Crippen molar-refractivity contribution in [2.75, 3.05) is 13.2 Å². The molecule has 1 fully saturated rings. The van der Waals surface area contributed by atoms with Gasteiger partial charge in [0.2, 0.25) is 0 Å². The van der Waals surface area contributed by atoms with Crippen LogP contribution in [-0.4, -0.2) is 39.6 Å². The van der Waals surface area contributed by atoms with Crippen LogP contribution < -0.4 is 0 Å². The lowest BCUT2D eigenvalue weighted by atomic mass is 10.2. The molecule has 1 aromatic rings. The average Bonchev–Trinajstić information content (AvgIpc) is 2.64. The molecular weight excluding hydrogens is 170 g/mol. The van der Waals surface area contributed by atoms with E-state index >= 15 is 0 Å². The van der Waals surface area contributed by atoms with Gasteiger partial charge in [0, 0.05) is 11.3 Å². The first-order chi connectivity index (χ1) is 6.25. The maximum Gasteiger partial charge on any atom is 0.0958 e. The number of aliphatic hydroxyl groups excluding tert-OH is 1. The summed E-state index contributed by atoms with van der Waals surface area (Å²) in [5.41, 5.74) is 2.15. The molecule has 13 heavy (non-hydrogen) atoms. The lowest BCUT2D eigenvalue weighted by molar-refractivity contribution is -0.118. The number of H-pyrrole nitrogens is 1. The molecule has 2 N–H and O–H groups in total. The van der Waals surface area contributed by atoms with E-state index in [2.05, 4.69) is 10.2 Å². The third kappa shape index (κ3) is 1.88. The number of aliphatic hydroxyl groups is 1. The Balaban J connectivity index is 1.95. The van der Waals surface area contributed by atoms with Crippen LogP contribution in [0.5, 0.6) is 0 Å². The molecule has 0 spiro atoms. The summed E-state index contributed by atoms with van der Waals surface area (Å²) in [4.78, 5) is 5.24. The summed E-state index contributed by atoms with van der Waals surface area (Å²) in [6, 6.07) is 0. The van der Waals surface area contributed by atoms with Crippen LogP contribution in [0.3, 0.4) is 0 Å². The molecule has 72 valence electrons. The number of β-amino-alcohol motifs (C(OH)–C–C–N with tert-alkyl or cyclic N) is 1. The Bertz CT molecular complexity index is 287. The van der Waals surface area contributed by atoms with Gasteiger partial charge in [-0.2, -0.15) is 10.2 Å². The fourth-order valence-electron chi connectivity index (χ4n) is 1.37. The van der Waals surface area contributed by atoms with Crippen LogP contribution in [-0.2, 0) is 11.4 Å². The molecule has 0 aliphatic carbocycles. The normalized spacial score (nSPS) is 24.0. The third-order valence-corrected chi connectivity index (χ3v) is 2.14. The second kappa shape index (κ2) is 3.45. The van der Waals surface area contributed by atoms with Gasteiger partial charge in [-0.05, 0) is 6.92 Å². The molecule has 1 aliphatic heterocycles. The number of rotatable bonds is 2. The third-order valence-electron chi connectivity index (χ3n) is 2.14. The molecular formula is C8H13N3O2. The van der Waals surface area contributed by atoms with Gasteiger partial charge in [-0.15, -0.1) is 0 Å². The summed E-state index contributed by atoms with van der Waals surface area (Å²) in [5, 5.41) is 17.7. The monoisotopic (exact) mass is 183 g/mol. The number of aromatic nitrogens is 2. The molecule has 0 radical (unpaired) electrons. The average molecular weight is 183 g/mol. The number of hydroxylamine groups is 2. The molecule has 0 saturated carbocycles. The van der Waals surface area contributed by atoms with E-state index in [-0.39, 0.29) is 6.10 Å². The minimum Gasteiger partial charge on any atom is -0.389 e. The highest BCUT2D eigenvalue weighted by Crippen LogP contribution is 2.12. The highest BCUT2D eigenvalue weighted by atomic mass is 16.7. The Morgan fingerprint density at radius 2 is 2.69 bits per heavy atom. The Morgan fingerprint density at radius 1 is 1.85 bits per heavy atom. The van der Waals surface area contributed by atoms with E-state index in [0.717, 1.165) is 11.3 Å². The van der Waals surface area contributed by atoms with E-state index in [1.165, 1.54) is 0 Å². The first-order valence-corrected chi connectivity index (χ1v) is 4.30. The van der Waals surface area contributed by atoms with Crippen molar-refractivity contribution in [2.45, 2.75) is 19.6 Å². The maximum atomic E-state index is 9.21. The van der Waals surface area contributed by atoms with E-state index in [9.17, 15) is 5.11 Å². The molecule has 2 rings (SSSR count). The molecule has 1 aliphatic rings. The first-order valence-electron chi connectivity index (χ1n) is 4.30. The molecule has 2 heterocycles. The number of hydrogen-bond donors (Lipinski definition) is 2. The van der Waals surface area contributed by atoms with Crippen molar-refractivity contribution >= 4 is 0 Å². The summed E-state index contributed by atoms with van der Waals surface area (Å²) in [6.45, 7) is 3.62. The summed E-state index contributed by atoms with van der Waals surface area (Å²) in [6.07, 6.45) is 1.43. The van der Waals surface area contributed by atoms with E-state index < -0.39 is 0 Å². The number of aromatic amines is 1. The lowest BCUT2D eigenvalue weighted by Gasteiger charge is -2.12. The van der Waals surface area contributed by atoms with Crippen LogP contribution in [0.4, 0.5) is 0 Å². The molecule has 1 atom stereocenters. The zero-order valence-electron chi connectivity index (χ0n) is 7.53. The first kappa shape index (κ1) is 8.68. The van der Waals surface area contributed by atoms with Crippen molar-refractivity contribution in [3.8, 4) is 0 Å². The molecule has 0 bridgehead atoms. The molecule has 0 amide bonds. The maximum absolute atomic E-state index is 9.21. The summed E-state index contributed by atoms with van der Waals surface area (Å²) >= 11 is 0. The van der Waals surface area contributed by atoms with Crippen molar-refractivity contribution in [3.63, 3.8) is 0 Å². The minimum absolute atomic E-state index is 0.354. The Kier molecular flexibility index (Phi) is 2.30. The van der Waals surface area contributed by atoms with Crippen LogP contribution in [0.15, 0.2) is 6.20 Å². The van der Waals surface area contributed by atoms with Gasteiger partial charge in [0.25, 0.3) is 0 Å². The molecule has 1 aromatic heterocycles. The zero-order valence-corrected chi connectivity index (χ0v) is 7.53. The van der Waals surface area contributed by atoms with E-state index in [0.29, 0.717) is 19.7 Å². The second-order valence-corrected chi connectivity index (χ2v) is 3.29. The van der Waals surface area contributed by atoms with Crippen molar-refractivity contribution in [2.24, 2.45) is 0 Å².